The minimum absolute atomic E-state index is 0.102. The molecule has 0 spiro atoms. The van der Waals surface area contributed by atoms with Gasteiger partial charge in [-0.2, -0.15) is 0 Å². The molecular weight excluding hydrogens is 365 g/mol. The summed E-state index contributed by atoms with van der Waals surface area (Å²) in [6.45, 7) is 0. The number of hydrogen-bond donors (Lipinski definition) is 0. The second-order valence-corrected chi connectivity index (χ2v) is 5.50. The highest BCUT2D eigenvalue weighted by atomic mass is 79.9. The average Bonchev–Trinajstić information content (AvgIpc) is 2.34. The van der Waals surface area contributed by atoms with E-state index in [2.05, 4.69) is 36.8 Å². The molecule has 0 radical (unpaired) electrons. The predicted octanol–water partition coefficient (Wildman–Crippen LogP) is 4.17. The fourth-order valence-electron chi connectivity index (χ4n) is 1.52. The molecule has 0 atom stereocenters. The van der Waals surface area contributed by atoms with Crippen LogP contribution in [0.1, 0.15) is 15.9 Å². The Morgan fingerprint density at radius 1 is 1.22 bits per heavy atom. The summed E-state index contributed by atoms with van der Waals surface area (Å²) in [5, 5.41) is 0. The molecule has 1 heterocycles. The van der Waals surface area contributed by atoms with E-state index in [-0.39, 0.29) is 18.0 Å². The Balaban J connectivity index is 2.24. The number of benzene rings is 1. The first-order chi connectivity index (χ1) is 8.56. The summed E-state index contributed by atoms with van der Waals surface area (Å²) >= 11 is 6.56. The number of ketones is 1. The highest BCUT2D eigenvalue weighted by Gasteiger charge is 2.11. The number of carbonyl (C=O) groups is 1. The molecule has 2 nitrogen and oxygen atoms in total. The van der Waals surface area contributed by atoms with Crippen molar-refractivity contribution in [2.24, 2.45) is 0 Å². The molecule has 18 heavy (non-hydrogen) atoms. The molecule has 2 rings (SSSR count). The lowest BCUT2D eigenvalue weighted by molar-refractivity contribution is 0.0992. The van der Waals surface area contributed by atoms with Crippen molar-refractivity contribution in [2.75, 3.05) is 0 Å². The zero-order valence-corrected chi connectivity index (χ0v) is 12.3. The second kappa shape index (κ2) is 5.71. The fourth-order valence-corrected chi connectivity index (χ4v) is 2.27. The van der Waals surface area contributed by atoms with E-state index < -0.39 is 0 Å². The Kier molecular flexibility index (Phi) is 4.24. The fraction of sp³-hybridized carbons (Fsp3) is 0.0769. The maximum atomic E-state index is 13.1. The lowest BCUT2D eigenvalue weighted by Gasteiger charge is -2.04. The van der Waals surface area contributed by atoms with E-state index in [0.29, 0.717) is 11.1 Å². The van der Waals surface area contributed by atoms with Gasteiger partial charge in [-0.15, -0.1) is 0 Å². The number of halogens is 3. The van der Waals surface area contributed by atoms with Gasteiger partial charge in [0.25, 0.3) is 0 Å². The highest BCUT2D eigenvalue weighted by molar-refractivity contribution is 9.10. The molecule has 0 unspecified atom stereocenters. The molecule has 0 fully saturated rings. The smallest absolute Gasteiger partial charge is 0.168 e. The van der Waals surface area contributed by atoms with Gasteiger partial charge in [-0.05, 0) is 45.8 Å². The third-order valence-corrected chi connectivity index (χ3v) is 3.59. The van der Waals surface area contributed by atoms with Crippen LogP contribution in [0, 0.1) is 5.82 Å². The predicted molar refractivity (Wildman–Crippen MR) is 74.1 cm³/mol. The van der Waals surface area contributed by atoms with Crippen molar-refractivity contribution in [3.05, 3.63) is 62.5 Å². The Bertz CT molecular complexity index is 601. The van der Waals surface area contributed by atoms with Gasteiger partial charge in [0.05, 0.1) is 0 Å². The van der Waals surface area contributed by atoms with Crippen LogP contribution in [-0.4, -0.2) is 10.8 Å². The van der Waals surface area contributed by atoms with Crippen LogP contribution in [0.3, 0.4) is 0 Å². The summed E-state index contributed by atoms with van der Waals surface area (Å²) in [6, 6.07) is 5.99. The minimum Gasteiger partial charge on any atom is -0.294 e. The zero-order chi connectivity index (χ0) is 13.1. The van der Waals surface area contributed by atoms with Crippen molar-refractivity contribution in [3.8, 4) is 0 Å². The molecule has 0 aliphatic carbocycles. The molecule has 0 aliphatic heterocycles. The number of Topliss-reactive ketones (excluding diaryl/α,β-unsaturated/α-hetero) is 1. The van der Waals surface area contributed by atoms with E-state index in [0.717, 1.165) is 8.95 Å². The van der Waals surface area contributed by atoms with E-state index in [1.807, 2.05) is 0 Å². The van der Waals surface area contributed by atoms with E-state index in [1.165, 1.54) is 18.3 Å². The molecule has 1 aromatic carbocycles. The summed E-state index contributed by atoms with van der Waals surface area (Å²) in [5.41, 5.74) is 1.13. The Morgan fingerprint density at radius 3 is 2.72 bits per heavy atom. The Labute approximate surface area is 121 Å². The van der Waals surface area contributed by atoms with E-state index >= 15 is 0 Å². The topological polar surface area (TPSA) is 30.0 Å². The summed E-state index contributed by atoms with van der Waals surface area (Å²) in [7, 11) is 0. The molecule has 92 valence electrons. The maximum absolute atomic E-state index is 13.1. The van der Waals surface area contributed by atoms with Crippen molar-refractivity contribution in [3.63, 3.8) is 0 Å². The first-order valence-electron chi connectivity index (χ1n) is 5.14. The monoisotopic (exact) mass is 371 g/mol. The van der Waals surface area contributed by atoms with Crippen LogP contribution in [0.15, 0.2) is 45.6 Å². The molecule has 2 aromatic rings. The van der Waals surface area contributed by atoms with Gasteiger partial charge in [-0.1, -0.05) is 15.9 Å². The van der Waals surface area contributed by atoms with Crippen LogP contribution in [0.5, 0.6) is 0 Å². The Hall–Kier alpha value is -1.07. The normalized spacial score (nSPS) is 10.4. The highest BCUT2D eigenvalue weighted by Crippen LogP contribution is 2.20. The molecule has 5 heteroatoms. The largest absolute Gasteiger partial charge is 0.294 e. The molecule has 0 amide bonds. The van der Waals surface area contributed by atoms with Gasteiger partial charge in [0.2, 0.25) is 0 Å². The van der Waals surface area contributed by atoms with Crippen LogP contribution in [-0.2, 0) is 6.42 Å². The molecule has 0 saturated heterocycles. The number of pyridine rings is 1. The van der Waals surface area contributed by atoms with E-state index in [4.69, 9.17) is 0 Å². The van der Waals surface area contributed by atoms with E-state index in [1.54, 1.807) is 18.3 Å². The maximum Gasteiger partial charge on any atom is 0.168 e. The zero-order valence-electron chi connectivity index (χ0n) is 9.16. The van der Waals surface area contributed by atoms with Crippen LogP contribution in [0.2, 0.25) is 0 Å². The third-order valence-electron chi connectivity index (χ3n) is 2.39. The SMILES string of the molecule is O=C(Cc1cc(F)ccc1Br)c1cncc(Br)c1. The van der Waals surface area contributed by atoms with Crippen LogP contribution < -0.4 is 0 Å². The van der Waals surface area contributed by atoms with Gasteiger partial charge in [-0.25, -0.2) is 4.39 Å². The molecule has 1 aromatic heterocycles. The summed E-state index contributed by atoms with van der Waals surface area (Å²) < 4.78 is 14.6. The van der Waals surface area contributed by atoms with Gasteiger partial charge in [0, 0.05) is 33.3 Å². The van der Waals surface area contributed by atoms with Crippen LogP contribution >= 0.6 is 31.9 Å². The Morgan fingerprint density at radius 2 is 2.00 bits per heavy atom. The third kappa shape index (κ3) is 3.23. The van der Waals surface area contributed by atoms with Gasteiger partial charge in [-0.3, -0.25) is 9.78 Å². The van der Waals surface area contributed by atoms with Crippen molar-refractivity contribution in [2.45, 2.75) is 6.42 Å². The van der Waals surface area contributed by atoms with Gasteiger partial charge in [0.15, 0.2) is 5.78 Å². The van der Waals surface area contributed by atoms with Crippen LogP contribution in [0.25, 0.3) is 0 Å². The van der Waals surface area contributed by atoms with Crippen molar-refractivity contribution in [1.82, 2.24) is 4.98 Å². The summed E-state index contributed by atoms with van der Waals surface area (Å²) in [5.74, 6) is -0.455. The van der Waals surface area contributed by atoms with Gasteiger partial charge in [0.1, 0.15) is 5.82 Å². The van der Waals surface area contributed by atoms with Gasteiger partial charge >= 0.3 is 0 Å². The molecular formula is C13H8Br2FNO. The number of hydrogen-bond acceptors (Lipinski definition) is 2. The number of carbonyl (C=O) groups excluding carboxylic acids is 1. The number of rotatable bonds is 3. The molecule has 0 bridgehead atoms. The van der Waals surface area contributed by atoms with Crippen LogP contribution in [0.4, 0.5) is 4.39 Å². The van der Waals surface area contributed by atoms with Crippen molar-refractivity contribution < 1.29 is 9.18 Å². The number of aromatic nitrogens is 1. The lowest BCUT2D eigenvalue weighted by Crippen LogP contribution is -2.05. The van der Waals surface area contributed by atoms with Crippen molar-refractivity contribution in [1.29, 1.82) is 0 Å². The quantitative estimate of drug-likeness (QED) is 0.757. The van der Waals surface area contributed by atoms with E-state index in [9.17, 15) is 9.18 Å². The second-order valence-electron chi connectivity index (χ2n) is 3.73. The number of nitrogens with zero attached hydrogens (tertiary/aromatic N) is 1. The molecule has 0 N–H and O–H groups in total. The first-order valence-corrected chi connectivity index (χ1v) is 6.72. The van der Waals surface area contributed by atoms with Crippen molar-refractivity contribution >= 4 is 37.6 Å². The summed E-state index contributed by atoms with van der Waals surface area (Å²) in [4.78, 5) is 16.0. The van der Waals surface area contributed by atoms with Gasteiger partial charge < -0.3 is 0 Å². The molecule has 0 aliphatic rings. The average molecular weight is 373 g/mol. The lowest BCUT2D eigenvalue weighted by atomic mass is 10.0. The summed E-state index contributed by atoms with van der Waals surface area (Å²) in [6.07, 6.45) is 3.24. The first kappa shape index (κ1) is 13.4. The minimum atomic E-state index is -0.353. The molecule has 0 saturated carbocycles. The standard InChI is InChI=1S/C13H8Br2FNO/c14-10-3-9(6-17-7-10)13(18)5-8-4-11(16)1-2-12(8)15/h1-4,6-7H,5H2.